The van der Waals surface area contributed by atoms with Gasteiger partial charge >= 0.3 is 0 Å². The lowest BCUT2D eigenvalue weighted by Gasteiger charge is -2.07. The Morgan fingerprint density at radius 2 is 2.10 bits per heavy atom. The summed E-state index contributed by atoms with van der Waals surface area (Å²) in [4.78, 5) is 2.01. The molecule has 2 N–H and O–H groups in total. The molecule has 0 spiro atoms. The Kier molecular flexibility index (Phi) is 4.23. The van der Waals surface area contributed by atoms with Gasteiger partial charge in [-0.3, -0.25) is 4.57 Å². The maximum atomic E-state index is 11.6. The molecular formula is C11H16N4O3S2. The van der Waals surface area contributed by atoms with Crippen LogP contribution < -0.4 is 5.14 Å². The minimum atomic E-state index is -3.92. The van der Waals surface area contributed by atoms with Gasteiger partial charge in [0, 0.05) is 12.0 Å². The second-order valence-electron chi connectivity index (χ2n) is 4.35. The van der Waals surface area contributed by atoms with Crippen molar-refractivity contribution < 1.29 is 13.2 Å². The van der Waals surface area contributed by atoms with Gasteiger partial charge in [0.2, 0.25) is 0 Å². The number of ether oxygens (including phenoxy) is 1. The van der Waals surface area contributed by atoms with Crippen LogP contribution in [0.25, 0.3) is 10.7 Å². The minimum absolute atomic E-state index is 0.242. The summed E-state index contributed by atoms with van der Waals surface area (Å²) in [6.45, 7) is 4.66. The van der Waals surface area contributed by atoms with E-state index in [1.54, 1.807) is 7.11 Å². The summed E-state index contributed by atoms with van der Waals surface area (Å²) in [5, 5.41) is 12.6. The molecule has 0 atom stereocenters. The first-order valence-electron chi connectivity index (χ1n) is 5.87. The maximum absolute atomic E-state index is 11.6. The normalized spacial score (nSPS) is 12.0. The van der Waals surface area contributed by atoms with Crippen LogP contribution in [-0.2, 0) is 21.3 Å². The number of methoxy groups -OCH3 is 1. The molecule has 2 aromatic rings. The predicted octanol–water partition coefficient (Wildman–Crippen LogP) is 0.917. The monoisotopic (exact) mass is 316 g/mol. The number of thiophene rings is 1. The molecule has 20 heavy (non-hydrogen) atoms. The van der Waals surface area contributed by atoms with Crippen molar-refractivity contribution in [3.63, 3.8) is 0 Å². The molecule has 0 aliphatic carbocycles. The summed E-state index contributed by atoms with van der Waals surface area (Å²) in [5.74, 6) is 0.493. The first kappa shape index (κ1) is 15.1. The lowest BCUT2D eigenvalue weighted by atomic mass is 10.3. The SMILES string of the molecule is COCCn1c(-c2cc(C)c(C)s2)nnc1S(N)(=O)=O. The Morgan fingerprint density at radius 3 is 2.60 bits per heavy atom. The van der Waals surface area contributed by atoms with Crippen LogP contribution in [0.2, 0.25) is 0 Å². The second-order valence-corrected chi connectivity index (χ2v) is 7.06. The van der Waals surface area contributed by atoms with Crippen LogP contribution >= 0.6 is 11.3 Å². The zero-order valence-electron chi connectivity index (χ0n) is 11.5. The van der Waals surface area contributed by atoms with Crippen molar-refractivity contribution in [1.82, 2.24) is 14.8 Å². The second kappa shape index (κ2) is 5.60. The van der Waals surface area contributed by atoms with Crippen molar-refractivity contribution in [1.29, 1.82) is 0 Å². The quantitative estimate of drug-likeness (QED) is 0.884. The van der Waals surface area contributed by atoms with Gasteiger partial charge in [0.1, 0.15) is 0 Å². The molecule has 2 heterocycles. The molecule has 0 saturated carbocycles. The van der Waals surface area contributed by atoms with E-state index >= 15 is 0 Å². The van der Waals surface area contributed by atoms with Gasteiger partial charge in [0.05, 0.1) is 18.0 Å². The highest BCUT2D eigenvalue weighted by Crippen LogP contribution is 2.30. The number of aromatic nitrogens is 3. The summed E-state index contributed by atoms with van der Waals surface area (Å²) < 4.78 is 29.6. The van der Waals surface area contributed by atoms with Gasteiger partial charge in [-0.05, 0) is 25.5 Å². The van der Waals surface area contributed by atoms with Crippen molar-refractivity contribution >= 4 is 21.4 Å². The van der Waals surface area contributed by atoms with E-state index in [0.29, 0.717) is 19.0 Å². The number of aryl methyl sites for hydroxylation is 2. The van der Waals surface area contributed by atoms with E-state index in [4.69, 9.17) is 9.88 Å². The van der Waals surface area contributed by atoms with Crippen molar-refractivity contribution in [3.05, 3.63) is 16.5 Å². The van der Waals surface area contributed by atoms with E-state index in [1.165, 1.54) is 15.9 Å². The molecule has 0 aliphatic rings. The van der Waals surface area contributed by atoms with E-state index < -0.39 is 10.0 Å². The molecule has 0 unspecified atom stereocenters. The predicted molar refractivity (Wildman–Crippen MR) is 76.1 cm³/mol. The first-order chi connectivity index (χ1) is 9.34. The molecule has 0 aromatic carbocycles. The highest BCUT2D eigenvalue weighted by Gasteiger charge is 2.22. The van der Waals surface area contributed by atoms with E-state index in [9.17, 15) is 8.42 Å². The van der Waals surface area contributed by atoms with Gasteiger partial charge in [-0.25, -0.2) is 13.6 Å². The number of nitrogens with zero attached hydrogens (tertiary/aromatic N) is 3. The smallest absolute Gasteiger partial charge is 0.273 e. The average Bonchev–Trinajstić information content (AvgIpc) is 2.90. The zero-order valence-corrected chi connectivity index (χ0v) is 13.1. The fourth-order valence-electron chi connectivity index (χ4n) is 1.75. The van der Waals surface area contributed by atoms with Crippen LogP contribution in [-0.4, -0.2) is 36.9 Å². The summed E-state index contributed by atoms with van der Waals surface area (Å²) in [6, 6.07) is 1.96. The number of sulfonamides is 1. The standard InChI is InChI=1S/C11H16N4O3S2/c1-7-6-9(19-8(7)2)10-13-14-11(20(12,16)17)15(10)4-5-18-3/h6H,4-5H2,1-3H3,(H2,12,16,17). The zero-order chi connectivity index (χ0) is 14.9. The minimum Gasteiger partial charge on any atom is -0.383 e. The third kappa shape index (κ3) is 2.90. The lowest BCUT2D eigenvalue weighted by Crippen LogP contribution is -2.20. The van der Waals surface area contributed by atoms with E-state index in [-0.39, 0.29) is 5.16 Å². The van der Waals surface area contributed by atoms with Crippen LogP contribution in [0.5, 0.6) is 0 Å². The van der Waals surface area contributed by atoms with E-state index in [0.717, 1.165) is 15.3 Å². The number of primary sulfonamides is 1. The number of rotatable bonds is 5. The molecule has 2 rings (SSSR count). The average molecular weight is 316 g/mol. The van der Waals surface area contributed by atoms with Gasteiger partial charge in [0.15, 0.2) is 5.82 Å². The maximum Gasteiger partial charge on any atom is 0.273 e. The third-order valence-electron chi connectivity index (χ3n) is 2.88. The molecular weight excluding hydrogens is 300 g/mol. The molecule has 7 nitrogen and oxygen atoms in total. The van der Waals surface area contributed by atoms with Crippen molar-refractivity contribution in [3.8, 4) is 10.7 Å². The summed E-state index contributed by atoms with van der Waals surface area (Å²) in [7, 11) is -2.37. The van der Waals surface area contributed by atoms with Gasteiger partial charge in [-0.2, -0.15) is 0 Å². The van der Waals surface area contributed by atoms with Gasteiger partial charge in [0.25, 0.3) is 15.2 Å². The fraction of sp³-hybridized carbons (Fsp3) is 0.455. The molecule has 0 bridgehead atoms. The molecule has 110 valence electrons. The van der Waals surface area contributed by atoms with Crippen molar-refractivity contribution in [2.24, 2.45) is 5.14 Å². The molecule has 0 amide bonds. The molecule has 0 saturated heterocycles. The summed E-state index contributed by atoms with van der Waals surface area (Å²) in [5.41, 5.74) is 1.13. The Bertz CT molecular complexity index is 699. The Balaban J connectivity index is 2.55. The van der Waals surface area contributed by atoms with Crippen LogP contribution in [0.15, 0.2) is 11.2 Å². The topological polar surface area (TPSA) is 100 Å². The van der Waals surface area contributed by atoms with Crippen molar-refractivity contribution in [2.75, 3.05) is 13.7 Å². The fourth-order valence-corrected chi connectivity index (χ4v) is 3.42. The van der Waals surface area contributed by atoms with Crippen LogP contribution in [0.4, 0.5) is 0 Å². The number of nitrogens with two attached hydrogens (primary N) is 1. The van der Waals surface area contributed by atoms with E-state index in [2.05, 4.69) is 10.2 Å². The van der Waals surface area contributed by atoms with Gasteiger partial charge < -0.3 is 4.74 Å². The molecule has 0 aliphatic heterocycles. The van der Waals surface area contributed by atoms with Crippen molar-refractivity contribution in [2.45, 2.75) is 25.5 Å². The van der Waals surface area contributed by atoms with Crippen LogP contribution in [0.3, 0.4) is 0 Å². The Labute approximate surface area is 121 Å². The molecule has 2 aromatic heterocycles. The van der Waals surface area contributed by atoms with Gasteiger partial charge in [-0.15, -0.1) is 21.5 Å². The summed E-state index contributed by atoms with van der Waals surface area (Å²) in [6.07, 6.45) is 0. The first-order valence-corrected chi connectivity index (χ1v) is 8.23. The summed E-state index contributed by atoms with van der Waals surface area (Å²) >= 11 is 1.54. The third-order valence-corrected chi connectivity index (χ3v) is 4.84. The Morgan fingerprint density at radius 1 is 1.40 bits per heavy atom. The number of hydrogen-bond acceptors (Lipinski definition) is 6. The lowest BCUT2D eigenvalue weighted by molar-refractivity contribution is 0.185. The van der Waals surface area contributed by atoms with Crippen LogP contribution in [0, 0.1) is 13.8 Å². The molecule has 9 heteroatoms. The largest absolute Gasteiger partial charge is 0.383 e. The van der Waals surface area contributed by atoms with E-state index in [1.807, 2.05) is 19.9 Å². The number of hydrogen-bond donors (Lipinski definition) is 1. The Hall–Kier alpha value is -1.29. The molecule has 0 fully saturated rings. The van der Waals surface area contributed by atoms with Crippen LogP contribution in [0.1, 0.15) is 10.4 Å². The van der Waals surface area contributed by atoms with Gasteiger partial charge in [-0.1, -0.05) is 0 Å². The highest BCUT2D eigenvalue weighted by atomic mass is 32.2. The highest BCUT2D eigenvalue weighted by molar-refractivity contribution is 7.89. The molecule has 0 radical (unpaired) electrons.